The van der Waals surface area contributed by atoms with Crippen LogP contribution in [0.2, 0.25) is 16.6 Å². The molecule has 2 N–H and O–H groups in total. The van der Waals surface area contributed by atoms with Gasteiger partial charge in [0.25, 0.3) is 0 Å². The van der Waals surface area contributed by atoms with Gasteiger partial charge in [0.15, 0.2) is 0 Å². The molecule has 0 fully saturated rings. The Morgan fingerprint density at radius 2 is 1.46 bits per heavy atom. The SMILES string of the molecule is Cc1ccc2cc(N)ccc2c1C#C[Si](C(C)C)(C(C)C)C(C)C. The van der Waals surface area contributed by atoms with Crippen LogP contribution in [0, 0.1) is 18.4 Å². The van der Waals surface area contributed by atoms with E-state index in [0.29, 0.717) is 16.6 Å². The first-order valence-electron chi connectivity index (χ1n) is 9.02. The average Bonchev–Trinajstić information content (AvgIpc) is 2.48. The minimum atomic E-state index is -1.72. The summed E-state index contributed by atoms with van der Waals surface area (Å²) in [5.74, 6) is 3.63. The topological polar surface area (TPSA) is 26.0 Å². The molecule has 0 aliphatic rings. The molecule has 0 radical (unpaired) electrons. The summed E-state index contributed by atoms with van der Waals surface area (Å²) in [6.07, 6.45) is 0. The minimum Gasteiger partial charge on any atom is -0.399 e. The maximum absolute atomic E-state index is 5.95. The van der Waals surface area contributed by atoms with E-state index in [1.54, 1.807) is 0 Å². The Balaban J connectivity index is 2.69. The molecule has 0 spiro atoms. The molecule has 0 bridgehead atoms. The van der Waals surface area contributed by atoms with Crippen molar-refractivity contribution in [3.8, 4) is 11.5 Å². The molecule has 0 unspecified atom stereocenters. The van der Waals surface area contributed by atoms with Gasteiger partial charge in [-0.3, -0.25) is 0 Å². The van der Waals surface area contributed by atoms with E-state index in [1.807, 2.05) is 12.1 Å². The lowest BCUT2D eigenvalue weighted by atomic mass is 10.00. The summed E-state index contributed by atoms with van der Waals surface area (Å²) in [5.41, 5.74) is 15.0. The van der Waals surface area contributed by atoms with Gasteiger partial charge in [-0.2, -0.15) is 0 Å². The summed E-state index contributed by atoms with van der Waals surface area (Å²) in [7, 11) is -1.72. The van der Waals surface area contributed by atoms with Crippen LogP contribution >= 0.6 is 0 Å². The smallest absolute Gasteiger partial charge is 0.146 e. The van der Waals surface area contributed by atoms with Gasteiger partial charge >= 0.3 is 0 Å². The molecule has 0 amide bonds. The zero-order valence-electron chi connectivity index (χ0n) is 16.2. The summed E-state index contributed by atoms with van der Waals surface area (Å²) < 4.78 is 0. The number of benzene rings is 2. The lowest BCUT2D eigenvalue weighted by molar-refractivity contribution is 0.838. The lowest BCUT2D eigenvalue weighted by Gasteiger charge is -2.38. The van der Waals surface area contributed by atoms with Crippen molar-refractivity contribution in [1.29, 1.82) is 0 Å². The van der Waals surface area contributed by atoms with E-state index < -0.39 is 8.07 Å². The largest absolute Gasteiger partial charge is 0.399 e. The zero-order chi connectivity index (χ0) is 18.1. The zero-order valence-corrected chi connectivity index (χ0v) is 17.2. The van der Waals surface area contributed by atoms with Crippen LogP contribution in [0.5, 0.6) is 0 Å². The lowest BCUT2D eigenvalue weighted by Crippen LogP contribution is -2.43. The number of rotatable bonds is 3. The Morgan fingerprint density at radius 1 is 0.875 bits per heavy atom. The monoisotopic (exact) mass is 337 g/mol. The molecule has 24 heavy (non-hydrogen) atoms. The van der Waals surface area contributed by atoms with Crippen LogP contribution in [-0.2, 0) is 0 Å². The molecule has 0 saturated heterocycles. The Labute approximate surface area is 148 Å². The number of anilines is 1. The Kier molecular flexibility index (Phi) is 5.45. The number of fused-ring (bicyclic) bond motifs is 1. The van der Waals surface area contributed by atoms with Gasteiger partial charge in [0, 0.05) is 11.3 Å². The first kappa shape index (κ1) is 18.6. The highest BCUT2D eigenvalue weighted by molar-refractivity contribution is 6.90. The van der Waals surface area contributed by atoms with Crippen LogP contribution in [-0.4, -0.2) is 8.07 Å². The standard InChI is InChI=1S/C22H31NSi/c1-15(2)24(16(3)4,17(5)6)13-12-21-18(7)8-9-19-14-20(23)10-11-22(19)21/h8-11,14-17H,23H2,1-7H3. The molecular weight excluding hydrogens is 306 g/mol. The number of nitrogen functional groups attached to an aromatic ring is 1. The molecule has 128 valence electrons. The third-order valence-electron chi connectivity index (χ3n) is 5.52. The normalized spacial score (nSPS) is 12.1. The van der Waals surface area contributed by atoms with Crippen LogP contribution in [0.3, 0.4) is 0 Å². The third kappa shape index (κ3) is 3.23. The van der Waals surface area contributed by atoms with E-state index >= 15 is 0 Å². The molecule has 0 saturated carbocycles. The fourth-order valence-electron chi connectivity index (χ4n) is 4.23. The highest BCUT2D eigenvalue weighted by Gasteiger charge is 2.41. The molecule has 0 aliphatic carbocycles. The van der Waals surface area contributed by atoms with Gasteiger partial charge in [0.2, 0.25) is 0 Å². The van der Waals surface area contributed by atoms with Crippen molar-refractivity contribution >= 4 is 24.5 Å². The van der Waals surface area contributed by atoms with Crippen LogP contribution in [0.15, 0.2) is 30.3 Å². The first-order valence-corrected chi connectivity index (χ1v) is 11.2. The van der Waals surface area contributed by atoms with Gasteiger partial charge in [-0.25, -0.2) is 0 Å². The second-order valence-corrected chi connectivity index (χ2v) is 13.5. The van der Waals surface area contributed by atoms with Crippen molar-refractivity contribution in [3.05, 3.63) is 41.5 Å². The predicted molar refractivity (Wildman–Crippen MR) is 111 cm³/mol. The molecule has 2 aromatic rings. The molecule has 2 aromatic carbocycles. The summed E-state index contributed by atoms with van der Waals surface area (Å²) in [6.45, 7) is 16.3. The van der Waals surface area contributed by atoms with Crippen LogP contribution in [0.25, 0.3) is 10.8 Å². The van der Waals surface area contributed by atoms with Gasteiger partial charge in [0.1, 0.15) is 8.07 Å². The third-order valence-corrected chi connectivity index (χ3v) is 11.8. The summed E-state index contributed by atoms with van der Waals surface area (Å²) in [6, 6.07) is 10.4. The fraction of sp³-hybridized carbons (Fsp3) is 0.455. The van der Waals surface area contributed by atoms with Gasteiger partial charge in [0.05, 0.1) is 0 Å². The molecule has 0 heterocycles. The molecule has 2 heteroatoms. The van der Waals surface area contributed by atoms with E-state index in [4.69, 9.17) is 5.73 Å². The van der Waals surface area contributed by atoms with Gasteiger partial charge in [-0.15, -0.1) is 5.54 Å². The van der Waals surface area contributed by atoms with Crippen LogP contribution < -0.4 is 5.73 Å². The first-order chi connectivity index (χ1) is 11.2. The van der Waals surface area contributed by atoms with Gasteiger partial charge in [-0.1, -0.05) is 65.7 Å². The Hall–Kier alpha value is -1.72. The summed E-state index contributed by atoms with van der Waals surface area (Å²) in [5, 5.41) is 2.40. The molecule has 0 aliphatic heterocycles. The second-order valence-electron chi connectivity index (χ2n) is 7.89. The number of nitrogens with two attached hydrogens (primary N) is 1. The van der Waals surface area contributed by atoms with Crippen LogP contribution in [0.4, 0.5) is 5.69 Å². The minimum absolute atomic E-state index is 0.649. The van der Waals surface area contributed by atoms with Crippen LogP contribution in [0.1, 0.15) is 52.7 Å². The maximum Gasteiger partial charge on any atom is 0.146 e. The van der Waals surface area contributed by atoms with Crippen molar-refractivity contribution in [3.63, 3.8) is 0 Å². The Morgan fingerprint density at radius 3 is 2.00 bits per heavy atom. The average molecular weight is 338 g/mol. The molecule has 2 rings (SSSR count). The highest BCUT2D eigenvalue weighted by Crippen LogP contribution is 2.41. The molecule has 0 atom stereocenters. The fourth-order valence-corrected chi connectivity index (χ4v) is 9.43. The second kappa shape index (κ2) is 7.03. The van der Waals surface area contributed by atoms with Crippen molar-refractivity contribution < 1.29 is 0 Å². The van der Waals surface area contributed by atoms with E-state index in [2.05, 4.69) is 78.1 Å². The van der Waals surface area contributed by atoms with E-state index in [-0.39, 0.29) is 0 Å². The molecular formula is C22H31NSi. The van der Waals surface area contributed by atoms with E-state index in [9.17, 15) is 0 Å². The number of hydrogen-bond donors (Lipinski definition) is 1. The summed E-state index contributed by atoms with van der Waals surface area (Å²) >= 11 is 0. The quantitative estimate of drug-likeness (QED) is 0.397. The highest BCUT2D eigenvalue weighted by atomic mass is 28.3. The van der Waals surface area contributed by atoms with Crippen molar-refractivity contribution in [2.45, 2.75) is 65.1 Å². The van der Waals surface area contributed by atoms with Gasteiger partial charge in [-0.05, 0) is 52.0 Å². The summed E-state index contributed by atoms with van der Waals surface area (Å²) in [4.78, 5) is 0. The molecule has 0 aromatic heterocycles. The van der Waals surface area contributed by atoms with Crippen molar-refractivity contribution in [2.24, 2.45) is 0 Å². The maximum atomic E-state index is 5.95. The number of aryl methyl sites for hydroxylation is 1. The van der Waals surface area contributed by atoms with E-state index in [1.165, 1.54) is 21.9 Å². The van der Waals surface area contributed by atoms with Gasteiger partial charge < -0.3 is 5.73 Å². The van der Waals surface area contributed by atoms with Crippen molar-refractivity contribution in [2.75, 3.05) is 5.73 Å². The Bertz CT molecular complexity index is 769. The van der Waals surface area contributed by atoms with E-state index in [0.717, 1.165) is 5.69 Å². The predicted octanol–water partition coefficient (Wildman–Crippen LogP) is 6.30. The molecule has 1 nitrogen and oxygen atoms in total. The number of hydrogen-bond acceptors (Lipinski definition) is 1. The van der Waals surface area contributed by atoms with Crippen molar-refractivity contribution in [1.82, 2.24) is 0 Å².